The number of aromatic nitrogens is 2. The van der Waals surface area contributed by atoms with Crippen molar-refractivity contribution < 1.29 is 9.59 Å². The quantitative estimate of drug-likeness (QED) is 0.377. The summed E-state index contributed by atoms with van der Waals surface area (Å²) in [7, 11) is 0. The number of imidazole rings is 1. The van der Waals surface area contributed by atoms with Crippen LogP contribution in [-0.4, -0.2) is 27.8 Å². The Morgan fingerprint density at radius 1 is 0.969 bits per heavy atom. The van der Waals surface area contributed by atoms with E-state index in [2.05, 4.69) is 20.6 Å². The number of hydrogen-bond donors (Lipinski definition) is 3. The highest BCUT2D eigenvalue weighted by molar-refractivity contribution is 7.12. The van der Waals surface area contributed by atoms with Crippen molar-refractivity contribution in [3.05, 3.63) is 101 Å². The van der Waals surface area contributed by atoms with Crippen molar-refractivity contribution in [2.75, 3.05) is 0 Å². The van der Waals surface area contributed by atoms with Gasteiger partial charge < -0.3 is 15.6 Å². The highest BCUT2D eigenvalue weighted by Gasteiger charge is 2.24. The Balaban J connectivity index is 1.47. The second kappa shape index (κ2) is 10.1. The van der Waals surface area contributed by atoms with E-state index < -0.39 is 6.04 Å². The van der Waals surface area contributed by atoms with Crippen LogP contribution in [0.2, 0.25) is 0 Å². The first-order valence-electron chi connectivity index (χ1n) is 10.4. The molecule has 0 saturated heterocycles. The van der Waals surface area contributed by atoms with Gasteiger partial charge in [-0.1, -0.05) is 66.7 Å². The van der Waals surface area contributed by atoms with Gasteiger partial charge >= 0.3 is 0 Å². The van der Waals surface area contributed by atoms with E-state index in [-0.39, 0.29) is 17.9 Å². The summed E-state index contributed by atoms with van der Waals surface area (Å²) in [5.74, 6) is 0.136. The number of benzene rings is 2. The third kappa shape index (κ3) is 5.31. The average Bonchev–Trinajstić information content (AvgIpc) is 3.52. The van der Waals surface area contributed by atoms with Gasteiger partial charge in [0.25, 0.3) is 5.91 Å². The maximum atomic E-state index is 13.1. The van der Waals surface area contributed by atoms with E-state index in [1.54, 1.807) is 12.3 Å². The predicted octanol–water partition coefficient (Wildman–Crippen LogP) is 4.36. The number of rotatable bonds is 8. The molecule has 0 bridgehead atoms. The molecule has 4 rings (SSSR count). The SMILES string of the molecule is CC(NC(=O)C(Cc1ccccc1)NC(=O)c1cccs1)c1ncc(-c2ccccc2)[nH]1. The number of thiophene rings is 1. The minimum Gasteiger partial charge on any atom is -0.345 e. The van der Waals surface area contributed by atoms with Crippen LogP contribution in [0.4, 0.5) is 0 Å². The number of nitrogens with one attached hydrogen (secondary N) is 3. The zero-order chi connectivity index (χ0) is 22.3. The Morgan fingerprint density at radius 2 is 1.69 bits per heavy atom. The maximum Gasteiger partial charge on any atom is 0.262 e. The van der Waals surface area contributed by atoms with Crippen LogP contribution in [0, 0.1) is 0 Å². The molecule has 2 aromatic carbocycles. The Kier molecular flexibility index (Phi) is 6.77. The fraction of sp³-hybridized carbons (Fsp3) is 0.160. The summed E-state index contributed by atoms with van der Waals surface area (Å²) in [6, 6.07) is 22.0. The third-order valence-corrected chi connectivity index (χ3v) is 5.97. The Hall–Kier alpha value is -3.71. The van der Waals surface area contributed by atoms with Crippen molar-refractivity contribution in [1.29, 1.82) is 0 Å². The number of amides is 2. The van der Waals surface area contributed by atoms with E-state index in [1.807, 2.05) is 79.0 Å². The molecule has 0 radical (unpaired) electrons. The maximum absolute atomic E-state index is 13.1. The van der Waals surface area contributed by atoms with E-state index in [0.717, 1.165) is 16.8 Å². The van der Waals surface area contributed by atoms with Crippen LogP contribution >= 0.6 is 11.3 Å². The van der Waals surface area contributed by atoms with Gasteiger partial charge in [-0.15, -0.1) is 11.3 Å². The number of aromatic amines is 1. The molecule has 0 aliphatic carbocycles. The molecule has 2 heterocycles. The summed E-state index contributed by atoms with van der Waals surface area (Å²) in [5.41, 5.74) is 2.87. The van der Waals surface area contributed by atoms with E-state index in [1.165, 1.54) is 11.3 Å². The minimum absolute atomic E-state index is 0.256. The molecule has 32 heavy (non-hydrogen) atoms. The van der Waals surface area contributed by atoms with Crippen LogP contribution in [0.15, 0.2) is 84.4 Å². The van der Waals surface area contributed by atoms with Gasteiger partial charge in [0, 0.05) is 6.42 Å². The van der Waals surface area contributed by atoms with Crippen molar-refractivity contribution in [2.24, 2.45) is 0 Å². The number of carbonyl (C=O) groups excluding carboxylic acids is 2. The molecule has 0 saturated carbocycles. The van der Waals surface area contributed by atoms with Crippen LogP contribution in [0.3, 0.4) is 0 Å². The van der Waals surface area contributed by atoms with Gasteiger partial charge in [0.05, 0.1) is 22.8 Å². The normalized spacial score (nSPS) is 12.7. The zero-order valence-corrected chi connectivity index (χ0v) is 18.4. The lowest BCUT2D eigenvalue weighted by molar-refractivity contribution is -0.123. The van der Waals surface area contributed by atoms with Gasteiger partial charge in [0.2, 0.25) is 5.91 Å². The number of carbonyl (C=O) groups is 2. The van der Waals surface area contributed by atoms with Crippen molar-refractivity contribution in [1.82, 2.24) is 20.6 Å². The van der Waals surface area contributed by atoms with Crippen LogP contribution in [0.25, 0.3) is 11.3 Å². The number of nitrogens with zero attached hydrogens (tertiary/aromatic N) is 1. The van der Waals surface area contributed by atoms with E-state index in [0.29, 0.717) is 17.1 Å². The molecular weight excluding hydrogens is 420 g/mol. The standard InChI is InChI=1S/C25H24N4O2S/c1-17(23-26-16-21(28-23)19-11-6-3-7-12-19)27-24(30)20(15-18-9-4-2-5-10-18)29-25(31)22-13-8-14-32-22/h2-14,16-17,20H,15H2,1H3,(H,26,28)(H,27,30)(H,29,31). The molecule has 4 aromatic rings. The van der Waals surface area contributed by atoms with Crippen LogP contribution in [-0.2, 0) is 11.2 Å². The Bertz CT molecular complexity index is 1160. The highest BCUT2D eigenvalue weighted by Crippen LogP contribution is 2.19. The van der Waals surface area contributed by atoms with Crippen molar-refractivity contribution in [2.45, 2.75) is 25.4 Å². The lowest BCUT2D eigenvalue weighted by atomic mass is 10.0. The second-order valence-electron chi connectivity index (χ2n) is 7.47. The summed E-state index contributed by atoms with van der Waals surface area (Å²) < 4.78 is 0. The van der Waals surface area contributed by atoms with Gasteiger partial charge in [0.1, 0.15) is 11.9 Å². The molecule has 3 N–H and O–H groups in total. The first kappa shape index (κ1) is 21.5. The molecule has 2 atom stereocenters. The molecule has 7 heteroatoms. The average molecular weight is 445 g/mol. The summed E-state index contributed by atoms with van der Waals surface area (Å²) in [6.07, 6.45) is 2.15. The fourth-order valence-electron chi connectivity index (χ4n) is 3.40. The Labute approximate surface area is 190 Å². The van der Waals surface area contributed by atoms with E-state index in [4.69, 9.17) is 0 Å². The van der Waals surface area contributed by atoms with E-state index >= 15 is 0 Å². The van der Waals surface area contributed by atoms with Gasteiger partial charge in [-0.25, -0.2) is 4.98 Å². The largest absolute Gasteiger partial charge is 0.345 e. The topological polar surface area (TPSA) is 86.9 Å². The summed E-state index contributed by atoms with van der Waals surface area (Å²) in [6.45, 7) is 1.87. The number of H-pyrrole nitrogens is 1. The predicted molar refractivity (Wildman–Crippen MR) is 126 cm³/mol. The molecule has 2 amide bonds. The summed E-state index contributed by atoms with van der Waals surface area (Å²) >= 11 is 1.34. The smallest absolute Gasteiger partial charge is 0.262 e. The lowest BCUT2D eigenvalue weighted by Gasteiger charge is -2.20. The van der Waals surface area contributed by atoms with Crippen LogP contribution < -0.4 is 10.6 Å². The van der Waals surface area contributed by atoms with Gasteiger partial charge in [-0.2, -0.15) is 0 Å². The first-order chi connectivity index (χ1) is 15.6. The molecule has 2 unspecified atom stereocenters. The second-order valence-corrected chi connectivity index (χ2v) is 8.42. The molecule has 162 valence electrons. The monoisotopic (exact) mass is 444 g/mol. The zero-order valence-electron chi connectivity index (χ0n) is 17.6. The molecular formula is C25H24N4O2S. The molecule has 2 aromatic heterocycles. The van der Waals surface area contributed by atoms with E-state index in [9.17, 15) is 9.59 Å². The molecule has 0 fully saturated rings. The lowest BCUT2D eigenvalue weighted by Crippen LogP contribution is -2.48. The fourth-order valence-corrected chi connectivity index (χ4v) is 4.03. The van der Waals surface area contributed by atoms with Crippen molar-refractivity contribution in [3.63, 3.8) is 0 Å². The third-order valence-electron chi connectivity index (χ3n) is 5.10. The summed E-state index contributed by atoms with van der Waals surface area (Å²) in [5, 5.41) is 7.71. The van der Waals surface area contributed by atoms with Crippen LogP contribution in [0.1, 0.15) is 34.0 Å². The summed E-state index contributed by atoms with van der Waals surface area (Å²) in [4.78, 5) is 34.1. The van der Waals surface area contributed by atoms with Gasteiger partial charge in [-0.05, 0) is 29.5 Å². The van der Waals surface area contributed by atoms with Crippen LogP contribution in [0.5, 0.6) is 0 Å². The molecule has 0 spiro atoms. The van der Waals surface area contributed by atoms with Crippen molar-refractivity contribution >= 4 is 23.2 Å². The minimum atomic E-state index is -0.710. The molecule has 6 nitrogen and oxygen atoms in total. The van der Waals surface area contributed by atoms with Crippen molar-refractivity contribution in [3.8, 4) is 11.3 Å². The molecule has 0 aliphatic heterocycles. The Morgan fingerprint density at radius 3 is 2.38 bits per heavy atom. The molecule has 0 aliphatic rings. The first-order valence-corrected chi connectivity index (χ1v) is 11.3. The number of hydrogen-bond acceptors (Lipinski definition) is 4. The van der Waals surface area contributed by atoms with Gasteiger partial charge in [-0.3, -0.25) is 9.59 Å². The van der Waals surface area contributed by atoms with Gasteiger partial charge in [0.15, 0.2) is 0 Å². The highest BCUT2D eigenvalue weighted by atomic mass is 32.1.